The molecule has 2 atom stereocenters. The maximum absolute atomic E-state index is 13.7. The van der Waals surface area contributed by atoms with Gasteiger partial charge in [-0.05, 0) is 63.3 Å². The number of sulfonamides is 1. The van der Waals surface area contributed by atoms with Gasteiger partial charge in [0.1, 0.15) is 0 Å². The van der Waals surface area contributed by atoms with Crippen LogP contribution in [0.2, 0.25) is 0 Å². The van der Waals surface area contributed by atoms with E-state index in [-0.39, 0.29) is 35.6 Å². The van der Waals surface area contributed by atoms with Gasteiger partial charge in [-0.3, -0.25) is 14.4 Å². The average Bonchev–Trinajstić information content (AvgIpc) is 2.99. The molecule has 12 heteroatoms. The fraction of sp³-hybridized carbons (Fsp3) is 0.531. The lowest BCUT2D eigenvalue weighted by atomic mass is 9.99. The van der Waals surface area contributed by atoms with E-state index in [4.69, 9.17) is 5.73 Å². The standard InChI is InChI=1S/C32H49N5O6S/c1-6-9-17-37(35-44(42,43)23(4)5)22-29(38)28(18-24-13-11-10-12-14-24)34-31(40)26-19-25(30(33)39)20-27(21-26)32(41)36(15-7-2)16-8-3/h10-14,19-21,23,28-29,35,38H,6-9,15-18,22H2,1-5H3,(H2,33,39)(H,34,40). The van der Waals surface area contributed by atoms with Gasteiger partial charge in [-0.15, -0.1) is 4.83 Å². The summed E-state index contributed by atoms with van der Waals surface area (Å²) in [6, 6.07) is 12.6. The number of amides is 3. The number of unbranched alkanes of at least 4 members (excludes halogenated alkanes) is 1. The molecule has 0 bridgehead atoms. The van der Waals surface area contributed by atoms with Crippen molar-refractivity contribution in [2.24, 2.45) is 5.73 Å². The van der Waals surface area contributed by atoms with Crippen LogP contribution in [0, 0.1) is 0 Å². The van der Waals surface area contributed by atoms with Crippen molar-refractivity contribution < 1.29 is 27.9 Å². The van der Waals surface area contributed by atoms with Gasteiger partial charge in [0, 0.05) is 42.9 Å². The normalized spacial score (nSPS) is 13.1. The molecule has 244 valence electrons. The third-order valence-corrected chi connectivity index (χ3v) is 8.90. The van der Waals surface area contributed by atoms with Crippen LogP contribution in [-0.2, 0) is 16.4 Å². The highest BCUT2D eigenvalue weighted by Crippen LogP contribution is 2.16. The van der Waals surface area contributed by atoms with Gasteiger partial charge in [0.25, 0.3) is 11.8 Å². The van der Waals surface area contributed by atoms with E-state index in [9.17, 15) is 27.9 Å². The summed E-state index contributed by atoms with van der Waals surface area (Å²) in [5, 5.41) is 15.1. The summed E-state index contributed by atoms with van der Waals surface area (Å²) in [6.07, 6.45) is 2.05. The van der Waals surface area contributed by atoms with Crippen LogP contribution >= 0.6 is 0 Å². The predicted molar refractivity (Wildman–Crippen MR) is 173 cm³/mol. The zero-order valence-electron chi connectivity index (χ0n) is 26.6. The molecule has 0 fully saturated rings. The summed E-state index contributed by atoms with van der Waals surface area (Å²) < 4.78 is 25.3. The Labute approximate surface area is 262 Å². The zero-order chi connectivity index (χ0) is 32.9. The van der Waals surface area contributed by atoms with Gasteiger partial charge in [0.05, 0.1) is 17.4 Å². The van der Waals surface area contributed by atoms with Crippen LogP contribution in [0.5, 0.6) is 0 Å². The summed E-state index contributed by atoms with van der Waals surface area (Å²) in [4.78, 5) is 43.5. The van der Waals surface area contributed by atoms with Crippen LogP contribution in [0.15, 0.2) is 48.5 Å². The number of carbonyl (C=O) groups excluding carboxylic acids is 3. The smallest absolute Gasteiger partial charge is 0.253 e. The van der Waals surface area contributed by atoms with Crippen LogP contribution in [0.3, 0.4) is 0 Å². The Morgan fingerprint density at radius 1 is 0.886 bits per heavy atom. The van der Waals surface area contributed by atoms with Gasteiger partial charge in [-0.25, -0.2) is 13.4 Å². The second-order valence-corrected chi connectivity index (χ2v) is 13.5. The van der Waals surface area contributed by atoms with E-state index in [1.165, 1.54) is 23.2 Å². The van der Waals surface area contributed by atoms with E-state index < -0.39 is 39.2 Å². The zero-order valence-corrected chi connectivity index (χ0v) is 27.4. The maximum Gasteiger partial charge on any atom is 0.253 e. The maximum atomic E-state index is 13.7. The molecule has 0 aliphatic heterocycles. The van der Waals surface area contributed by atoms with Crippen LogP contribution < -0.4 is 15.9 Å². The monoisotopic (exact) mass is 631 g/mol. The van der Waals surface area contributed by atoms with E-state index >= 15 is 0 Å². The molecule has 0 radical (unpaired) electrons. The van der Waals surface area contributed by atoms with Gasteiger partial charge in [-0.1, -0.05) is 57.5 Å². The lowest BCUT2D eigenvalue weighted by Gasteiger charge is -2.31. The number of nitrogens with zero attached hydrogens (tertiary/aromatic N) is 2. The van der Waals surface area contributed by atoms with Gasteiger partial charge in [-0.2, -0.15) is 0 Å². The van der Waals surface area contributed by atoms with Crippen molar-refractivity contribution in [1.82, 2.24) is 20.1 Å². The highest BCUT2D eigenvalue weighted by atomic mass is 32.2. The third kappa shape index (κ3) is 11.3. The molecule has 3 amide bonds. The van der Waals surface area contributed by atoms with Crippen molar-refractivity contribution in [3.8, 4) is 0 Å². The molecule has 2 aromatic rings. The molecule has 0 aliphatic rings. The minimum Gasteiger partial charge on any atom is -0.390 e. The highest BCUT2D eigenvalue weighted by Gasteiger charge is 2.28. The van der Waals surface area contributed by atoms with Gasteiger partial charge in [0.2, 0.25) is 15.9 Å². The van der Waals surface area contributed by atoms with E-state index in [0.29, 0.717) is 26.1 Å². The van der Waals surface area contributed by atoms with Crippen LogP contribution in [-0.4, -0.2) is 84.7 Å². The second-order valence-electron chi connectivity index (χ2n) is 11.3. The summed E-state index contributed by atoms with van der Waals surface area (Å²) in [5.41, 5.74) is 6.64. The number of nitrogens with two attached hydrogens (primary N) is 1. The quantitative estimate of drug-likeness (QED) is 0.173. The molecule has 2 unspecified atom stereocenters. The fourth-order valence-electron chi connectivity index (χ4n) is 4.63. The average molecular weight is 632 g/mol. The van der Waals surface area contributed by atoms with Crippen LogP contribution in [0.4, 0.5) is 0 Å². The van der Waals surface area contributed by atoms with E-state index in [1.807, 2.05) is 51.1 Å². The number of primary amides is 1. The number of aliphatic hydroxyl groups excluding tert-OH is 1. The Morgan fingerprint density at radius 2 is 1.48 bits per heavy atom. The first-order valence-electron chi connectivity index (χ1n) is 15.4. The first-order valence-corrected chi connectivity index (χ1v) is 16.9. The molecule has 0 heterocycles. The van der Waals surface area contributed by atoms with E-state index in [2.05, 4.69) is 10.1 Å². The Morgan fingerprint density at radius 3 is 2.02 bits per heavy atom. The molecule has 0 aliphatic carbocycles. The number of hydrazine groups is 1. The number of benzene rings is 2. The van der Waals surface area contributed by atoms with Crippen molar-refractivity contribution in [3.05, 3.63) is 70.8 Å². The minimum absolute atomic E-state index is 0.0166. The summed E-state index contributed by atoms with van der Waals surface area (Å²) in [5.74, 6) is -1.70. The molecule has 0 saturated heterocycles. The first-order chi connectivity index (χ1) is 20.8. The molecule has 11 nitrogen and oxygen atoms in total. The summed E-state index contributed by atoms with van der Waals surface area (Å²) in [7, 11) is -3.67. The van der Waals surface area contributed by atoms with Gasteiger partial charge < -0.3 is 21.1 Å². The molecule has 0 saturated carbocycles. The molecule has 44 heavy (non-hydrogen) atoms. The molecule has 5 N–H and O–H groups in total. The number of nitrogens with one attached hydrogen (secondary N) is 2. The second kappa shape index (κ2) is 17.8. The molecular weight excluding hydrogens is 582 g/mol. The van der Waals surface area contributed by atoms with Crippen molar-refractivity contribution >= 4 is 27.7 Å². The van der Waals surface area contributed by atoms with E-state index in [0.717, 1.165) is 24.8 Å². The SMILES string of the molecule is CCCCN(CC(O)C(Cc1ccccc1)NC(=O)c1cc(C(N)=O)cc(C(=O)N(CCC)CCC)c1)NS(=O)(=O)C(C)C. The summed E-state index contributed by atoms with van der Waals surface area (Å²) >= 11 is 0. The predicted octanol–water partition coefficient (Wildman–Crippen LogP) is 3.09. The molecule has 0 aromatic heterocycles. The Hall–Kier alpha value is -3.32. The first kappa shape index (κ1) is 36.9. The molecular formula is C32H49N5O6S. The number of carbonyl (C=O) groups is 3. The number of hydrogen-bond donors (Lipinski definition) is 4. The molecule has 0 spiro atoms. The molecule has 2 aromatic carbocycles. The van der Waals surface area contributed by atoms with Crippen molar-refractivity contribution in [2.45, 2.75) is 84.1 Å². The van der Waals surface area contributed by atoms with Gasteiger partial charge in [0.15, 0.2) is 0 Å². The molecule has 2 rings (SSSR count). The third-order valence-electron chi connectivity index (χ3n) is 7.15. The fourth-order valence-corrected chi connectivity index (χ4v) is 5.36. The number of aliphatic hydroxyl groups is 1. The summed E-state index contributed by atoms with van der Waals surface area (Å²) in [6.45, 7) is 10.4. The number of hydrogen-bond acceptors (Lipinski definition) is 7. The lowest BCUT2D eigenvalue weighted by Crippen LogP contribution is -2.54. The highest BCUT2D eigenvalue weighted by molar-refractivity contribution is 7.90. The Kier molecular flexibility index (Phi) is 15.0. The lowest BCUT2D eigenvalue weighted by molar-refractivity contribution is 0.0613. The van der Waals surface area contributed by atoms with Gasteiger partial charge >= 0.3 is 0 Å². The van der Waals surface area contributed by atoms with E-state index in [1.54, 1.807) is 18.7 Å². The Balaban J connectivity index is 2.44. The van der Waals surface area contributed by atoms with Crippen molar-refractivity contribution in [1.29, 1.82) is 0 Å². The van der Waals surface area contributed by atoms with Crippen LogP contribution in [0.25, 0.3) is 0 Å². The number of rotatable bonds is 19. The van der Waals surface area contributed by atoms with Crippen molar-refractivity contribution in [2.75, 3.05) is 26.2 Å². The van der Waals surface area contributed by atoms with Crippen LogP contribution in [0.1, 0.15) is 96.9 Å². The largest absolute Gasteiger partial charge is 0.390 e. The van der Waals surface area contributed by atoms with Crippen molar-refractivity contribution in [3.63, 3.8) is 0 Å². The Bertz CT molecular complexity index is 1330. The topological polar surface area (TPSA) is 162 Å². The minimum atomic E-state index is -3.67.